The Morgan fingerprint density at radius 1 is 1.80 bits per heavy atom. The summed E-state index contributed by atoms with van der Waals surface area (Å²) in [5, 5.41) is 2.10. The average molecular weight is 178 g/mol. The van der Waals surface area contributed by atoms with Crippen molar-refractivity contribution >= 4 is 24.6 Å². The second-order valence-electron chi connectivity index (χ2n) is 1.48. The van der Waals surface area contributed by atoms with Gasteiger partial charge < -0.3 is 5.73 Å². The maximum Gasteiger partial charge on any atom is 0.747 e. The topological polar surface area (TPSA) is 72.5 Å². The molecule has 0 aliphatic carbocycles. The summed E-state index contributed by atoms with van der Waals surface area (Å²) in [7, 11) is -2.59. The molecule has 1 atom stereocenters. The molecule has 3 N–H and O–H groups in total. The second kappa shape index (κ2) is 2.96. The van der Waals surface area contributed by atoms with Gasteiger partial charge in [0.15, 0.2) is 0 Å². The van der Waals surface area contributed by atoms with Crippen LogP contribution in [0.25, 0.3) is 0 Å². The number of thiophene rings is 1. The first-order valence-electron chi connectivity index (χ1n) is 2.37. The van der Waals surface area contributed by atoms with Gasteiger partial charge in [-0.15, -0.1) is 16.2 Å². The van der Waals surface area contributed by atoms with Crippen LogP contribution in [-0.2, 0) is 4.57 Å². The maximum atomic E-state index is 10.1. The molecule has 0 radical (unpaired) electrons. The summed E-state index contributed by atoms with van der Waals surface area (Å²) < 4.78 is 14.5. The second-order valence-corrected chi connectivity index (χ2v) is 3.08. The zero-order chi connectivity index (χ0) is 7.56. The van der Waals surface area contributed by atoms with Crippen LogP contribution in [0.2, 0.25) is 0 Å². The third kappa shape index (κ3) is 1.67. The molecule has 4 nitrogen and oxygen atoms in total. The van der Waals surface area contributed by atoms with Crippen LogP contribution in [0.1, 0.15) is 0 Å². The van der Waals surface area contributed by atoms with Crippen LogP contribution < -0.4 is 10.3 Å². The molecule has 0 bridgehead atoms. The summed E-state index contributed by atoms with van der Waals surface area (Å²) >= 11 is 1.26. The summed E-state index contributed by atoms with van der Waals surface area (Å²) in [4.78, 5) is 8.28. The molecule has 1 unspecified atom stereocenters. The molecule has 0 spiro atoms. The lowest BCUT2D eigenvalue weighted by Crippen LogP contribution is -1.83. The van der Waals surface area contributed by atoms with Gasteiger partial charge in [-0.05, 0) is 11.4 Å². The molecular weight excluding hydrogens is 173 g/mol. The van der Waals surface area contributed by atoms with Gasteiger partial charge in [0.1, 0.15) is 5.00 Å². The molecular formula is C4H5NO3PS+. The molecule has 1 rings (SSSR count). The van der Waals surface area contributed by atoms with Crippen LogP contribution in [0, 0.1) is 0 Å². The van der Waals surface area contributed by atoms with Crippen molar-refractivity contribution in [2.24, 2.45) is 0 Å². The van der Waals surface area contributed by atoms with Crippen LogP contribution in [-0.4, -0.2) is 4.89 Å². The van der Waals surface area contributed by atoms with Crippen molar-refractivity contribution in [1.29, 1.82) is 0 Å². The lowest BCUT2D eigenvalue weighted by molar-refractivity contribution is 0.412. The van der Waals surface area contributed by atoms with Crippen LogP contribution in [0.4, 0.5) is 5.00 Å². The minimum absolute atomic E-state index is 0.272. The van der Waals surface area contributed by atoms with E-state index in [1.807, 2.05) is 0 Å². The van der Waals surface area contributed by atoms with Crippen molar-refractivity contribution in [3.63, 3.8) is 0 Å². The first-order valence-corrected chi connectivity index (χ1v) is 4.38. The Morgan fingerprint density at radius 2 is 2.50 bits per heavy atom. The summed E-state index contributed by atoms with van der Waals surface area (Å²) in [5.41, 5.74) is 5.34. The molecule has 1 heterocycles. The largest absolute Gasteiger partial charge is 0.747 e. The smallest absolute Gasteiger partial charge is 0.387 e. The van der Waals surface area contributed by atoms with E-state index in [0.29, 0.717) is 5.00 Å². The van der Waals surface area contributed by atoms with Gasteiger partial charge in [0.25, 0.3) is 0 Å². The zero-order valence-electron chi connectivity index (χ0n) is 4.85. The number of nitrogen functional groups attached to an aromatic ring is 1. The van der Waals surface area contributed by atoms with Crippen LogP contribution >= 0.6 is 19.6 Å². The summed E-state index contributed by atoms with van der Waals surface area (Å²) in [6, 6.07) is 1.55. The average Bonchev–Trinajstić information content (AvgIpc) is 2.15. The molecule has 0 saturated heterocycles. The van der Waals surface area contributed by atoms with Gasteiger partial charge in [0.2, 0.25) is 5.75 Å². The quantitative estimate of drug-likeness (QED) is 0.670. The Hall–Kier alpha value is -0.640. The highest BCUT2D eigenvalue weighted by molar-refractivity contribution is 7.32. The molecule has 0 saturated carbocycles. The molecule has 1 aromatic rings. The van der Waals surface area contributed by atoms with Gasteiger partial charge in [-0.25, -0.2) is 4.52 Å². The van der Waals surface area contributed by atoms with E-state index in [0.717, 1.165) is 0 Å². The van der Waals surface area contributed by atoms with Gasteiger partial charge in [0.05, 0.1) is 0 Å². The number of rotatable bonds is 2. The molecule has 0 fully saturated rings. The highest BCUT2D eigenvalue weighted by atomic mass is 32.1. The van der Waals surface area contributed by atoms with Crippen molar-refractivity contribution in [3.05, 3.63) is 11.4 Å². The van der Waals surface area contributed by atoms with E-state index >= 15 is 0 Å². The van der Waals surface area contributed by atoms with Crippen LogP contribution in [0.3, 0.4) is 0 Å². The summed E-state index contributed by atoms with van der Waals surface area (Å²) in [6.07, 6.45) is 0. The van der Waals surface area contributed by atoms with Crippen molar-refractivity contribution in [3.8, 4) is 5.75 Å². The van der Waals surface area contributed by atoms with E-state index < -0.39 is 8.25 Å². The minimum atomic E-state index is -2.59. The lowest BCUT2D eigenvalue weighted by Gasteiger charge is -1.84. The van der Waals surface area contributed by atoms with E-state index in [1.54, 1.807) is 11.4 Å². The first kappa shape index (κ1) is 7.47. The molecule has 10 heavy (non-hydrogen) atoms. The SMILES string of the molecule is Nc1sccc1O[P+](=O)O. The molecule has 0 aliphatic heterocycles. The number of hydrogen-bond donors (Lipinski definition) is 2. The van der Waals surface area contributed by atoms with E-state index in [1.165, 1.54) is 11.3 Å². The Balaban J connectivity index is 2.74. The standard InChI is InChI=1S/C4H4NO3PS/c5-4-3(1-2-10-4)8-9(6)7/h1-2H,5H2/p+1. The first-order chi connectivity index (χ1) is 4.70. The number of nitrogens with two attached hydrogens (primary N) is 1. The van der Waals surface area contributed by atoms with Gasteiger partial charge >= 0.3 is 8.25 Å². The Labute approximate surface area is 62.2 Å². The maximum absolute atomic E-state index is 10.1. The van der Waals surface area contributed by atoms with E-state index in [9.17, 15) is 4.57 Å². The van der Waals surface area contributed by atoms with Gasteiger partial charge in [0, 0.05) is 4.57 Å². The van der Waals surface area contributed by atoms with Gasteiger partial charge in [-0.3, -0.25) is 0 Å². The number of anilines is 1. The van der Waals surface area contributed by atoms with Crippen molar-refractivity contribution in [1.82, 2.24) is 0 Å². The molecule has 0 amide bonds. The Morgan fingerprint density at radius 3 is 2.90 bits per heavy atom. The zero-order valence-corrected chi connectivity index (χ0v) is 6.56. The fourth-order valence-corrected chi connectivity index (χ4v) is 1.42. The molecule has 6 heteroatoms. The Bertz CT molecular complexity index is 248. The summed E-state index contributed by atoms with van der Waals surface area (Å²) in [6.45, 7) is 0. The van der Waals surface area contributed by atoms with Crippen molar-refractivity contribution < 1.29 is 14.0 Å². The fraction of sp³-hybridized carbons (Fsp3) is 0. The van der Waals surface area contributed by atoms with E-state index in [2.05, 4.69) is 4.52 Å². The predicted molar refractivity (Wildman–Crippen MR) is 39.2 cm³/mol. The van der Waals surface area contributed by atoms with Crippen LogP contribution in [0.15, 0.2) is 11.4 Å². The van der Waals surface area contributed by atoms with Crippen LogP contribution in [0.5, 0.6) is 5.75 Å². The normalized spacial score (nSPS) is 11.1. The van der Waals surface area contributed by atoms with Crippen molar-refractivity contribution in [2.75, 3.05) is 5.73 Å². The summed E-state index contributed by atoms with van der Waals surface area (Å²) in [5.74, 6) is 0.272. The minimum Gasteiger partial charge on any atom is -0.387 e. The molecule has 1 aromatic heterocycles. The highest BCUT2D eigenvalue weighted by Gasteiger charge is 2.16. The van der Waals surface area contributed by atoms with E-state index in [4.69, 9.17) is 10.6 Å². The highest BCUT2D eigenvalue weighted by Crippen LogP contribution is 2.32. The van der Waals surface area contributed by atoms with Gasteiger partial charge in [-0.2, -0.15) is 0 Å². The Kier molecular flexibility index (Phi) is 2.21. The third-order valence-corrected chi connectivity index (χ3v) is 1.91. The lowest BCUT2D eigenvalue weighted by atomic mass is 10.6. The molecule has 54 valence electrons. The molecule has 0 aromatic carbocycles. The third-order valence-electron chi connectivity index (χ3n) is 0.834. The molecule has 0 aliphatic rings. The predicted octanol–water partition coefficient (Wildman–Crippen LogP) is 1.36. The fourth-order valence-electron chi connectivity index (χ4n) is 0.469. The van der Waals surface area contributed by atoms with E-state index in [-0.39, 0.29) is 5.75 Å². The van der Waals surface area contributed by atoms with Crippen molar-refractivity contribution in [2.45, 2.75) is 0 Å². The van der Waals surface area contributed by atoms with Gasteiger partial charge in [-0.1, -0.05) is 0 Å². The monoisotopic (exact) mass is 178 g/mol. The number of hydrogen-bond acceptors (Lipinski definition) is 4.